The molecule has 1 aromatic heterocycles. The summed E-state index contributed by atoms with van der Waals surface area (Å²) in [5.74, 6) is -1.06. The third-order valence-corrected chi connectivity index (χ3v) is 3.38. The molecule has 2 rings (SSSR count). The first kappa shape index (κ1) is 17.7. The van der Waals surface area contributed by atoms with Crippen molar-refractivity contribution in [2.45, 2.75) is 33.1 Å². The molecule has 0 unspecified atom stereocenters. The average Bonchev–Trinajstić information content (AvgIpc) is 2.80. The fraction of sp³-hybridized carbons (Fsp3) is 0.727. The number of alkyl halides is 3. The fourth-order valence-corrected chi connectivity index (χ4v) is 2.06. The van der Waals surface area contributed by atoms with Gasteiger partial charge < -0.3 is 15.2 Å². The second-order valence-corrected chi connectivity index (χ2v) is 5.40. The average molecular weight is 328 g/mol. The van der Waals surface area contributed by atoms with Crippen LogP contribution in [0.2, 0.25) is 0 Å². The second kappa shape index (κ2) is 5.80. The Morgan fingerprint density at radius 1 is 1.29 bits per heavy atom. The lowest BCUT2D eigenvalue weighted by atomic mass is 9.91. The summed E-state index contributed by atoms with van der Waals surface area (Å²) in [6, 6.07) is 0. The van der Waals surface area contributed by atoms with Crippen LogP contribution >= 0.6 is 12.4 Å². The number of rotatable bonds is 2. The molecule has 2 heterocycles. The maximum Gasteiger partial charge on any atom is 0.451 e. The van der Waals surface area contributed by atoms with Crippen LogP contribution in [-0.4, -0.2) is 38.7 Å². The molecule has 0 bridgehead atoms. The lowest BCUT2D eigenvalue weighted by Crippen LogP contribution is -2.47. The predicted molar refractivity (Wildman–Crippen MR) is 70.5 cm³/mol. The van der Waals surface area contributed by atoms with E-state index in [2.05, 4.69) is 10.2 Å². The van der Waals surface area contributed by atoms with Gasteiger partial charge in [-0.2, -0.15) is 13.2 Å². The van der Waals surface area contributed by atoms with Gasteiger partial charge in [-0.25, -0.2) is 0 Å². The monoisotopic (exact) mass is 327 g/mol. The highest BCUT2D eigenvalue weighted by molar-refractivity contribution is 5.85. The lowest BCUT2D eigenvalue weighted by Gasteiger charge is -2.33. The second-order valence-electron chi connectivity index (χ2n) is 5.40. The summed E-state index contributed by atoms with van der Waals surface area (Å²) in [5.41, 5.74) is 4.80. The van der Waals surface area contributed by atoms with E-state index < -0.39 is 17.4 Å². The number of carbonyl (C=O) groups excluding carboxylic acids is 1. The number of amides is 1. The van der Waals surface area contributed by atoms with Crippen molar-refractivity contribution in [3.05, 3.63) is 11.6 Å². The Hall–Kier alpha value is -1.35. The number of hydrogen-bond donors (Lipinski definition) is 1. The first-order chi connectivity index (χ1) is 9.16. The number of nitrogens with zero attached hydrogens (tertiary/aromatic N) is 4. The number of fused-ring (bicyclic) bond motifs is 1. The van der Waals surface area contributed by atoms with Gasteiger partial charge in [-0.05, 0) is 13.8 Å². The molecule has 1 aliphatic rings. The van der Waals surface area contributed by atoms with Gasteiger partial charge in [-0.1, -0.05) is 0 Å². The maximum absolute atomic E-state index is 12.7. The summed E-state index contributed by atoms with van der Waals surface area (Å²) >= 11 is 0. The molecule has 0 fully saturated rings. The van der Waals surface area contributed by atoms with Gasteiger partial charge in [0.05, 0.1) is 12.0 Å². The highest BCUT2D eigenvalue weighted by atomic mass is 35.5. The molecular formula is C11H17ClF3N5O. The van der Waals surface area contributed by atoms with Gasteiger partial charge >= 0.3 is 6.18 Å². The molecule has 120 valence electrons. The van der Waals surface area contributed by atoms with E-state index in [9.17, 15) is 18.0 Å². The molecule has 21 heavy (non-hydrogen) atoms. The number of hydrogen-bond acceptors (Lipinski definition) is 4. The van der Waals surface area contributed by atoms with E-state index in [4.69, 9.17) is 5.73 Å². The van der Waals surface area contributed by atoms with Crippen molar-refractivity contribution in [3.8, 4) is 0 Å². The van der Waals surface area contributed by atoms with Gasteiger partial charge in [-0.15, -0.1) is 22.6 Å². The van der Waals surface area contributed by atoms with Gasteiger partial charge in [-0.3, -0.25) is 4.79 Å². The van der Waals surface area contributed by atoms with Crippen LogP contribution in [0.25, 0.3) is 0 Å². The van der Waals surface area contributed by atoms with Gasteiger partial charge in [0.25, 0.3) is 0 Å². The summed E-state index contributed by atoms with van der Waals surface area (Å²) < 4.78 is 39.1. The van der Waals surface area contributed by atoms with E-state index in [0.717, 1.165) is 4.57 Å². The summed E-state index contributed by atoms with van der Waals surface area (Å²) in [5, 5.41) is 6.70. The van der Waals surface area contributed by atoms with Crippen LogP contribution in [0.5, 0.6) is 0 Å². The highest BCUT2D eigenvalue weighted by Crippen LogP contribution is 2.30. The Morgan fingerprint density at radius 3 is 2.43 bits per heavy atom. The summed E-state index contributed by atoms with van der Waals surface area (Å²) in [6.45, 7) is 3.82. The predicted octanol–water partition coefficient (Wildman–Crippen LogP) is 1.05. The number of nitrogens with two attached hydrogens (primary N) is 1. The maximum atomic E-state index is 12.7. The first-order valence-electron chi connectivity index (χ1n) is 6.15. The molecule has 10 heteroatoms. The van der Waals surface area contributed by atoms with Crippen LogP contribution in [0.3, 0.4) is 0 Å². The third kappa shape index (κ3) is 3.29. The fourth-order valence-electron chi connectivity index (χ4n) is 2.06. The zero-order valence-electron chi connectivity index (χ0n) is 11.6. The zero-order valence-corrected chi connectivity index (χ0v) is 12.5. The van der Waals surface area contributed by atoms with Gasteiger partial charge in [0.15, 0.2) is 5.82 Å². The minimum Gasteiger partial charge on any atom is -0.333 e. The third-order valence-electron chi connectivity index (χ3n) is 3.38. The van der Waals surface area contributed by atoms with E-state index in [1.807, 2.05) is 0 Å². The van der Waals surface area contributed by atoms with Crippen LogP contribution in [0.15, 0.2) is 0 Å². The van der Waals surface area contributed by atoms with Crippen molar-refractivity contribution in [3.63, 3.8) is 0 Å². The smallest absolute Gasteiger partial charge is 0.333 e. The summed E-state index contributed by atoms with van der Waals surface area (Å²) in [6.07, 6.45) is -4.53. The van der Waals surface area contributed by atoms with Crippen LogP contribution in [-0.2, 0) is 24.1 Å². The van der Waals surface area contributed by atoms with E-state index in [0.29, 0.717) is 0 Å². The summed E-state index contributed by atoms with van der Waals surface area (Å²) in [4.78, 5) is 13.7. The van der Waals surface area contributed by atoms with Crippen molar-refractivity contribution < 1.29 is 18.0 Å². The van der Waals surface area contributed by atoms with Gasteiger partial charge in [0, 0.05) is 19.6 Å². The zero-order chi connectivity index (χ0) is 15.1. The van der Waals surface area contributed by atoms with Crippen molar-refractivity contribution in [2.24, 2.45) is 11.1 Å². The highest BCUT2D eigenvalue weighted by Gasteiger charge is 2.41. The van der Waals surface area contributed by atoms with Crippen LogP contribution in [0.4, 0.5) is 13.2 Å². The van der Waals surface area contributed by atoms with E-state index in [1.54, 1.807) is 13.8 Å². The Bertz CT molecular complexity index is 528. The van der Waals surface area contributed by atoms with Crippen LogP contribution < -0.4 is 5.73 Å². The Labute approximate surface area is 125 Å². The molecular weight excluding hydrogens is 311 g/mol. The van der Waals surface area contributed by atoms with Gasteiger partial charge in [0.1, 0.15) is 0 Å². The Morgan fingerprint density at radius 2 is 1.90 bits per heavy atom. The van der Waals surface area contributed by atoms with Crippen molar-refractivity contribution in [2.75, 3.05) is 13.1 Å². The molecule has 0 saturated carbocycles. The normalized spacial score (nSPS) is 15.4. The topological polar surface area (TPSA) is 77.0 Å². The molecule has 2 N–H and O–H groups in total. The molecule has 0 spiro atoms. The quantitative estimate of drug-likeness (QED) is 0.880. The molecule has 1 aromatic rings. The number of aromatic nitrogens is 3. The molecule has 0 aliphatic carbocycles. The van der Waals surface area contributed by atoms with Crippen LogP contribution in [0.1, 0.15) is 25.5 Å². The first-order valence-corrected chi connectivity index (χ1v) is 6.15. The molecule has 1 aliphatic heterocycles. The Kier molecular flexibility index (Phi) is 4.89. The standard InChI is InChI=1S/C11H16F3N5O.ClH/c1-10(2,6-15)9(20)18-3-4-19-7(5-18)16-17-8(19)11(12,13)14;/h3-6,15H2,1-2H3;1H. The van der Waals surface area contributed by atoms with E-state index in [1.165, 1.54) is 4.90 Å². The van der Waals surface area contributed by atoms with Gasteiger partial charge in [0.2, 0.25) is 11.7 Å². The number of carbonyl (C=O) groups is 1. The SMILES string of the molecule is CC(C)(CN)C(=O)N1CCn2c(nnc2C(F)(F)F)C1.Cl. The van der Waals surface area contributed by atoms with Crippen LogP contribution in [0, 0.1) is 5.41 Å². The minimum absolute atomic E-state index is 0. The molecule has 0 aromatic carbocycles. The molecule has 0 radical (unpaired) electrons. The lowest BCUT2D eigenvalue weighted by molar-refractivity contribution is -0.148. The molecule has 6 nitrogen and oxygen atoms in total. The molecule has 0 atom stereocenters. The van der Waals surface area contributed by atoms with E-state index >= 15 is 0 Å². The largest absolute Gasteiger partial charge is 0.451 e. The van der Waals surface area contributed by atoms with E-state index in [-0.39, 0.29) is 50.3 Å². The minimum atomic E-state index is -4.53. The summed E-state index contributed by atoms with van der Waals surface area (Å²) in [7, 11) is 0. The molecule has 1 amide bonds. The number of halogens is 4. The molecule has 0 saturated heterocycles. The van der Waals surface area contributed by atoms with Crippen molar-refractivity contribution in [1.29, 1.82) is 0 Å². The van der Waals surface area contributed by atoms with Crippen molar-refractivity contribution >= 4 is 18.3 Å². The van der Waals surface area contributed by atoms with Crippen molar-refractivity contribution in [1.82, 2.24) is 19.7 Å². The Balaban J connectivity index is 0.00000220.